The average Bonchev–Trinajstić information content (AvgIpc) is 2.81. The molecule has 84 valence electrons. The molecule has 0 unspecified atom stereocenters. The zero-order valence-corrected chi connectivity index (χ0v) is 9.21. The number of rotatable bonds is 0. The predicted molar refractivity (Wildman–Crippen MR) is 66.8 cm³/mol. The highest BCUT2D eigenvalue weighted by Crippen LogP contribution is 2.41. The fraction of sp³-hybridized carbons (Fsp3) is 0.231. The number of allylic oxidation sites excluding steroid dienone is 2. The Labute approximate surface area is 97.4 Å². The van der Waals surface area contributed by atoms with Gasteiger partial charge in [-0.25, -0.2) is 5.10 Å². The van der Waals surface area contributed by atoms with Gasteiger partial charge in [0.25, 0.3) is 5.56 Å². The lowest BCUT2D eigenvalue weighted by molar-refractivity contribution is 0.910. The van der Waals surface area contributed by atoms with Gasteiger partial charge in [0, 0.05) is 16.8 Å². The van der Waals surface area contributed by atoms with Crippen molar-refractivity contribution < 1.29 is 0 Å². The molecule has 2 heterocycles. The third-order valence-electron chi connectivity index (χ3n) is 3.60. The van der Waals surface area contributed by atoms with E-state index >= 15 is 0 Å². The van der Waals surface area contributed by atoms with E-state index in [1.165, 1.54) is 11.3 Å². The Hall–Kier alpha value is -2.10. The average molecular weight is 225 g/mol. The van der Waals surface area contributed by atoms with Crippen LogP contribution in [0.1, 0.15) is 25.0 Å². The van der Waals surface area contributed by atoms with E-state index in [0.717, 1.165) is 41.4 Å². The Morgan fingerprint density at radius 1 is 1.24 bits per heavy atom. The fourth-order valence-corrected chi connectivity index (χ4v) is 2.85. The summed E-state index contributed by atoms with van der Waals surface area (Å²) in [5.41, 5.74) is 4.39. The summed E-state index contributed by atoms with van der Waals surface area (Å²) in [4.78, 5) is 11.8. The summed E-state index contributed by atoms with van der Waals surface area (Å²) in [6.45, 7) is 0. The van der Waals surface area contributed by atoms with Gasteiger partial charge in [0.15, 0.2) is 0 Å². The Bertz CT molecular complexity index is 727. The summed E-state index contributed by atoms with van der Waals surface area (Å²) in [6, 6.07) is 5.77. The molecule has 4 heteroatoms. The number of benzene rings is 1. The third-order valence-corrected chi connectivity index (χ3v) is 3.60. The molecule has 0 saturated heterocycles. The van der Waals surface area contributed by atoms with Gasteiger partial charge in [-0.15, -0.1) is 0 Å². The molecular formula is C13H11N3O. The highest BCUT2D eigenvalue weighted by atomic mass is 16.1. The van der Waals surface area contributed by atoms with Crippen LogP contribution >= 0.6 is 0 Å². The highest BCUT2D eigenvalue weighted by molar-refractivity contribution is 6.04. The second-order valence-electron chi connectivity index (χ2n) is 4.57. The number of fused-ring (bicyclic) bond motifs is 1. The standard InChI is InChI=1S/C13H11N3O/c17-13-8-4-2-6-10-11(8)12(15-16-13)7-3-1-5-9(7)14-10/h2,4,6,14H,1,3,5H2,(H,16,17). The summed E-state index contributed by atoms with van der Waals surface area (Å²) in [6.07, 6.45) is 3.28. The van der Waals surface area contributed by atoms with Gasteiger partial charge in [-0.2, -0.15) is 5.10 Å². The summed E-state index contributed by atoms with van der Waals surface area (Å²) in [5, 5.41) is 12.0. The minimum atomic E-state index is -0.116. The van der Waals surface area contributed by atoms with Crippen molar-refractivity contribution in [2.24, 2.45) is 0 Å². The monoisotopic (exact) mass is 225 g/mol. The quantitative estimate of drug-likeness (QED) is 0.723. The molecule has 0 bridgehead atoms. The van der Waals surface area contributed by atoms with Crippen molar-refractivity contribution >= 4 is 22.0 Å². The van der Waals surface area contributed by atoms with E-state index < -0.39 is 0 Å². The second-order valence-corrected chi connectivity index (χ2v) is 4.57. The molecule has 0 spiro atoms. The van der Waals surface area contributed by atoms with E-state index in [0.29, 0.717) is 0 Å². The number of hydrogen-bond donors (Lipinski definition) is 2. The van der Waals surface area contributed by atoms with E-state index in [1.54, 1.807) is 0 Å². The molecule has 17 heavy (non-hydrogen) atoms. The topological polar surface area (TPSA) is 57.8 Å². The maximum absolute atomic E-state index is 11.8. The van der Waals surface area contributed by atoms with Crippen molar-refractivity contribution in [1.82, 2.24) is 10.2 Å². The number of H-pyrrole nitrogens is 1. The van der Waals surface area contributed by atoms with Gasteiger partial charge < -0.3 is 5.32 Å². The lowest BCUT2D eigenvalue weighted by Gasteiger charge is -2.19. The van der Waals surface area contributed by atoms with E-state index in [2.05, 4.69) is 15.5 Å². The maximum atomic E-state index is 11.8. The first-order chi connectivity index (χ1) is 8.34. The van der Waals surface area contributed by atoms with Gasteiger partial charge in [-0.05, 0) is 37.0 Å². The molecule has 2 aromatic rings. The van der Waals surface area contributed by atoms with Crippen LogP contribution in [-0.4, -0.2) is 10.2 Å². The molecule has 2 N–H and O–H groups in total. The molecule has 1 aliphatic heterocycles. The molecular weight excluding hydrogens is 214 g/mol. The van der Waals surface area contributed by atoms with E-state index in [-0.39, 0.29) is 5.56 Å². The van der Waals surface area contributed by atoms with Gasteiger partial charge in [0.2, 0.25) is 0 Å². The van der Waals surface area contributed by atoms with Gasteiger partial charge in [-0.1, -0.05) is 6.07 Å². The van der Waals surface area contributed by atoms with Crippen molar-refractivity contribution in [3.63, 3.8) is 0 Å². The second kappa shape index (κ2) is 2.97. The maximum Gasteiger partial charge on any atom is 0.272 e. The van der Waals surface area contributed by atoms with Gasteiger partial charge in [0.1, 0.15) is 0 Å². The minimum Gasteiger partial charge on any atom is -0.358 e. The molecule has 0 amide bonds. The van der Waals surface area contributed by atoms with Crippen LogP contribution in [0, 0.1) is 0 Å². The first kappa shape index (κ1) is 8.98. The lowest BCUT2D eigenvalue weighted by atomic mass is 9.99. The lowest BCUT2D eigenvalue weighted by Crippen LogP contribution is -2.15. The Morgan fingerprint density at radius 3 is 3.12 bits per heavy atom. The number of nitrogens with one attached hydrogen (secondary N) is 2. The first-order valence-corrected chi connectivity index (χ1v) is 5.85. The van der Waals surface area contributed by atoms with E-state index in [1.807, 2.05) is 18.2 Å². The summed E-state index contributed by atoms with van der Waals surface area (Å²) >= 11 is 0. The van der Waals surface area contributed by atoms with Crippen molar-refractivity contribution in [3.05, 3.63) is 39.9 Å². The molecule has 4 nitrogen and oxygen atoms in total. The minimum absolute atomic E-state index is 0.116. The summed E-state index contributed by atoms with van der Waals surface area (Å²) < 4.78 is 0. The molecule has 1 aliphatic carbocycles. The molecule has 0 saturated carbocycles. The van der Waals surface area contributed by atoms with Gasteiger partial charge in [0.05, 0.1) is 11.1 Å². The molecule has 0 radical (unpaired) electrons. The zero-order chi connectivity index (χ0) is 11.4. The summed E-state index contributed by atoms with van der Waals surface area (Å²) in [7, 11) is 0. The van der Waals surface area contributed by atoms with Crippen molar-refractivity contribution in [3.8, 4) is 0 Å². The molecule has 4 rings (SSSR count). The largest absolute Gasteiger partial charge is 0.358 e. The van der Waals surface area contributed by atoms with Crippen LogP contribution in [0.3, 0.4) is 0 Å². The molecule has 2 aliphatic rings. The molecule has 1 aromatic heterocycles. The van der Waals surface area contributed by atoms with Crippen LogP contribution in [0.5, 0.6) is 0 Å². The van der Waals surface area contributed by atoms with Crippen LogP contribution in [0.2, 0.25) is 0 Å². The number of anilines is 1. The fourth-order valence-electron chi connectivity index (χ4n) is 2.85. The summed E-state index contributed by atoms with van der Waals surface area (Å²) in [5.74, 6) is 0. The molecule has 0 atom stereocenters. The third kappa shape index (κ3) is 1.07. The van der Waals surface area contributed by atoms with Crippen molar-refractivity contribution in [2.75, 3.05) is 5.32 Å². The van der Waals surface area contributed by atoms with Crippen molar-refractivity contribution in [1.29, 1.82) is 0 Å². The van der Waals surface area contributed by atoms with Gasteiger partial charge >= 0.3 is 0 Å². The van der Waals surface area contributed by atoms with Crippen LogP contribution < -0.4 is 10.9 Å². The van der Waals surface area contributed by atoms with Crippen LogP contribution in [0.25, 0.3) is 16.3 Å². The van der Waals surface area contributed by atoms with Crippen LogP contribution in [-0.2, 0) is 0 Å². The Balaban J connectivity index is 2.20. The van der Waals surface area contributed by atoms with Crippen molar-refractivity contribution in [2.45, 2.75) is 19.3 Å². The smallest absolute Gasteiger partial charge is 0.272 e. The number of aromatic nitrogens is 2. The number of aromatic amines is 1. The van der Waals surface area contributed by atoms with Crippen LogP contribution in [0.4, 0.5) is 5.69 Å². The number of hydrogen-bond acceptors (Lipinski definition) is 3. The first-order valence-electron chi connectivity index (χ1n) is 5.85. The van der Waals surface area contributed by atoms with Crippen LogP contribution in [0.15, 0.2) is 28.7 Å². The Morgan fingerprint density at radius 2 is 2.18 bits per heavy atom. The highest BCUT2D eigenvalue weighted by Gasteiger charge is 2.25. The molecule has 0 fully saturated rings. The zero-order valence-electron chi connectivity index (χ0n) is 9.21. The number of nitrogens with zero attached hydrogens (tertiary/aromatic N) is 1. The predicted octanol–water partition coefficient (Wildman–Crippen LogP) is 2.24. The van der Waals surface area contributed by atoms with E-state index in [4.69, 9.17) is 0 Å². The van der Waals surface area contributed by atoms with Gasteiger partial charge in [-0.3, -0.25) is 4.79 Å². The Kier molecular flexibility index (Phi) is 1.57. The van der Waals surface area contributed by atoms with E-state index in [9.17, 15) is 4.79 Å². The normalized spacial score (nSPS) is 17.2. The SMILES string of the molecule is O=c1[nH]nc2c3c(cccc13)NC1=C2CCC1. The molecule has 1 aromatic carbocycles.